The van der Waals surface area contributed by atoms with Crippen LogP contribution in [0, 0.1) is 0 Å². The van der Waals surface area contributed by atoms with Crippen molar-refractivity contribution < 1.29 is 0 Å². The second-order valence-corrected chi connectivity index (χ2v) is 5.00. The van der Waals surface area contributed by atoms with Crippen LogP contribution in [-0.2, 0) is 6.42 Å². The smallest absolute Gasteiger partial charge is 0.00720 e. The second-order valence-electron chi connectivity index (χ2n) is 2.87. The van der Waals surface area contributed by atoms with Gasteiger partial charge < -0.3 is 0 Å². The van der Waals surface area contributed by atoms with E-state index in [0.29, 0.717) is 0 Å². The molecule has 72 valence electrons. The zero-order valence-electron chi connectivity index (χ0n) is 7.92. The molecule has 0 aliphatic carbocycles. The molecule has 0 unspecified atom stereocenters. The van der Waals surface area contributed by atoms with Crippen molar-refractivity contribution in [3.8, 4) is 0 Å². The summed E-state index contributed by atoms with van der Waals surface area (Å²) in [5.74, 6) is 1.15. The summed E-state index contributed by atoms with van der Waals surface area (Å²) in [7, 11) is 0. The van der Waals surface area contributed by atoms with Crippen molar-refractivity contribution >= 4 is 27.7 Å². The first-order valence-electron chi connectivity index (χ1n) is 4.64. The topological polar surface area (TPSA) is 0 Å². The molecule has 2 heteroatoms. The van der Waals surface area contributed by atoms with Gasteiger partial charge in [0.05, 0.1) is 0 Å². The highest BCUT2D eigenvalue weighted by molar-refractivity contribution is 9.09. The largest absolute Gasteiger partial charge is 0.126 e. The Balaban J connectivity index is 2.48. The Kier molecular flexibility index (Phi) is 5.56. The van der Waals surface area contributed by atoms with Gasteiger partial charge in [-0.2, -0.15) is 0 Å². The highest BCUT2D eigenvalue weighted by Crippen LogP contribution is 2.18. The third-order valence-corrected chi connectivity index (χ3v) is 3.29. The Bertz CT molecular complexity index is 230. The molecule has 0 bridgehead atoms. The van der Waals surface area contributed by atoms with Gasteiger partial charge in [0.1, 0.15) is 0 Å². The number of alkyl halides is 1. The van der Waals surface area contributed by atoms with Gasteiger partial charge in [0.25, 0.3) is 0 Å². The fourth-order valence-corrected chi connectivity index (χ4v) is 2.13. The summed E-state index contributed by atoms with van der Waals surface area (Å²) in [6.07, 6.45) is 2.41. The average molecular weight is 259 g/mol. The van der Waals surface area contributed by atoms with Gasteiger partial charge in [0, 0.05) is 10.2 Å². The SMILES string of the molecule is CCSc1ccc(CCCBr)cc1. The standard InChI is InChI=1S/C11H15BrS/c1-2-13-11-7-5-10(6-8-11)4-3-9-12/h5-8H,2-4,9H2,1H3. The van der Waals surface area contributed by atoms with Gasteiger partial charge >= 0.3 is 0 Å². The quantitative estimate of drug-likeness (QED) is 0.566. The Morgan fingerprint density at radius 3 is 2.46 bits per heavy atom. The number of benzene rings is 1. The molecule has 0 saturated carbocycles. The van der Waals surface area contributed by atoms with Crippen LogP contribution in [-0.4, -0.2) is 11.1 Å². The van der Waals surface area contributed by atoms with Crippen LogP contribution < -0.4 is 0 Å². The van der Waals surface area contributed by atoms with Crippen LogP contribution >= 0.6 is 27.7 Å². The predicted octanol–water partition coefficient (Wildman–Crippen LogP) is 4.13. The van der Waals surface area contributed by atoms with Gasteiger partial charge in [-0.05, 0) is 36.3 Å². The summed E-state index contributed by atoms with van der Waals surface area (Å²) in [5, 5.41) is 1.10. The van der Waals surface area contributed by atoms with Crippen molar-refractivity contribution in [3.63, 3.8) is 0 Å². The minimum absolute atomic E-state index is 1.10. The first kappa shape index (κ1) is 11.1. The number of aryl methyl sites for hydroxylation is 1. The summed E-state index contributed by atoms with van der Waals surface area (Å²) in [5.41, 5.74) is 1.44. The number of hydrogen-bond donors (Lipinski definition) is 0. The first-order chi connectivity index (χ1) is 6.36. The molecule has 0 atom stereocenters. The summed E-state index contributed by atoms with van der Waals surface area (Å²) in [4.78, 5) is 1.38. The van der Waals surface area contributed by atoms with Crippen molar-refractivity contribution in [1.29, 1.82) is 0 Å². The number of thioether (sulfide) groups is 1. The lowest BCUT2D eigenvalue weighted by Gasteiger charge is -2.01. The lowest BCUT2D eigenvalue weighted by Crippen LogP contribution is -1.85. The Morgan fingerprint density at radius 2 is 1.92 bits per heavy atom. The van der Waals surface area contributed by atoms with Crippen molar-refractivity contribution in [2.45, 2.75) is 24.7 Å². The molecular weight excluding hydrogens is 244 g/mol. The van der Waals surface area contributed by atoms with Crippen LogP contribution in [0.25, 0.3) is 0 Å². The monoisotopic (exact) mass is 258 g/mol. The first-order valence-corrected chi connectivity index (χ1v) is 6.75. The molecule has 0 saturated heterocycles. The van der Waals surface area contributed by atoms with Crippen LogP contribution in [0.3, 0.4) is 0 Å². The summed E-state index contributed by atoms with van der Waals surface area (Å²) in [6.45, 7) is 2.18. The molecule has 0 nitrogen and oxygen atoms in total. The van der Waals surface area contributed by atoms with Crippen LogP contribution in [0.2, 0.25) is 0 Å². The van der Waals surface area contributed by atoms with Gasteiger partial charge in [-0.3, -0.25) is 0 Å². The highest BCUT2D eigenvalue weighted by Gasteiger charge is 1.94. The fraction of sp³-hybridized carbons (Fsp3) is 0.455. The van der Waals surface area contributed by atoms with Crippen LogP contribution in [0.15, 0.2) is 29.2 Å². The third-order valence-electron chi connectivity index (χ3n) is 1.83. The molecule has 0 fully saturated rings. The molecule has 0 aromatic heterocycles. The zero-order valence-corrected chi connectivity index (χ0v) is 10.3. The van der Waals surface area contributed by atoms with E-state index in [-0.39, 0.29) is 0 Å². The molecule has 0 amide bonds. The van der Waals surface area contributed by atoms with E-state index in [1.807, 2.05) is 11.8 Å². The minimum Gasteiger partial charge on any atom is -0.126 e. The molecular formula is C11H15BrS. The second kappa shape index (κ2) is 6.50. The summed E-state index contributed by atoms with van der Waals surface area (Å²) < 4.78 is 0. The van der Waals surface area contributed by atoms with Crippen molar-refractivity contribution in [2.24, 2.45) is 0 Å². The average Bonchev–Trinajstić information content (AvgIpc) is 2.17. The predicted molar refractivity (Wildman–Crippen MR) is 65.0 cm³/mol. The minimum atomic E-state index is 1.10. The number of rotatable bonds is 5. The molecule has 0 spiro atoms. The molecule has 0 aliphatic heterocycles. The zero-order chi connectivity index (χ0) is 9.52. The van der Waals surface area contributed by atoms with Gasteiger partial charge in [-0.1, -0.05) is 35.0 Å². The Morgan fingerprint density at radius 1 is 1.23 bits per heavy atom. The van der Waals surface area contributed by atoms with Gasteiger partial charge in [-0.25, -0.2) is 0 Å². The third kappa shape index (κ3) is 4.19. The maximum absolute atomic E-state index is 3.44. The highest BCUT2D eigenvalue weighted by atomic mass is 79.9. The molecule has 0 heterocycles. The number of hydrogen-bond acceptors (Lipinski definition) is 1. The molecule has 0 aliphatic rings. The van der Waals surface area contributed by atoms with E-state index in [2.05, 4.69) is 47.1 Å². The van der Waals surface area contributed by atoms with Crippen LogP contribution in [0.1, 0.15) is 18.9 Å². The van der Waals surface area contributed by atoms with Gasteiger partial charge in [-0.15, -0.1) is 11.8 Å². The van der Waals surface area contributed by atoms with E-state index in [1.165, 1.54) is 23.3 Å². The van der Waals surface area contributed by atoms with E-state index < -0.39 is 0 Å². The molecule has 1 aromatic carbocycles. The molecule has 0 radical (unpaired) electrons. The normalized spacial score (nSPS) is 10.3. The van der Waals surface area contributed by atoms with Gasteiger partial charge in [0.2, 0.25) is 0 Å². The number of halogens is 1. The summed E-state index contributed by atoms with van der Waals surface area (Å²) >= 11 is 5.34. The lowest BCUT2D eigenvalue weighted by atomic mass is 10.1. The van der Waals surface area contributed by atoms with Crippen molar-refractivity contribution in [3.05, 3.63) is 29.8 Å². The van der Waals surface area contributed by atoms with Crippen LogP contribution in [0.5, 0.6) is 0 Å². The molecule has 1 aromatic rings. The lowest BCUT2D eigenvalue weighted by molar-refractivity contribution is 0.937. The van der Waals surface area contributed by atoms with E-state index in [4.69, 9.17) is 0 Å². The molecule has 0 N–H and O–H groups in total. The Labute approximate surface area is 93.2 Å². The van der Waals surface area contributed by atoms with Crippen molar-refractivity contribution in [1.82, 2.24) is 0 Å². The van der Waals surface area contributed by atoms with E-state index >= 15 is 0 Å². The molecule has 1 rings (SSSR count). The van der Waals surface area contributed by atoms with Gasteiger partial charge in [0.15, 0.2) is 0 Å². The molecule has 13 heavy (non-hydrogen) atoms. The maximum atomic E-state index is 3.44. The van der Waals surface area contributed by atoms with Crippen LogP contribution in [0.4, 0.5) is 0 Å². The van der Waals surface area contributed by atoms with E-state index in [0.717, 1.165) is 11.1 Å². The van der Waals surface area contributed by atoms with Crippen molar-refractivity contribution in [2.75, 3.05) is 11.1 Å². The Hall–Kier alpha value is 0.0500. The maximum Gasteiger partial charge on any atom is 0.00720 e. The summed E-state index contributed by atoms with van der Waals surface area (Å²) in [6, 6.07) is 8.91. The van der Waals surface area contributed by atoms with E-state index in [9.17, 15) is 0 Å². The van der Waals surface area contributed by atoms with E-state index in [1.54, 1.807) is 0 Å². The fourth-order valence-electron chi connectivity index (χ4n) is 1.19.